The van der Waals surface area contributed by atoms with Crippen molar-refractivity contribution >= 4 is 5.97 Å². The summed E-state index contributed by atoms with van der Waals surface area (Å²) in [5.74, 6) is 0.480. The van der Waals surface area contributed by atoms with Crippen molar-refractivity contribution < 1.29 is 14.3 Å². The van der Waals surface area contributed by atoms with Gasteiger partial charge in [-0.2, -0.15) is 0 Å². The number of hydrogen-bond acceptors (Lipinski definition) is 3. The van der Waals surface area contributed by atoms with Gasteiger partial charge in [-0.25, -0.2) is 0 Å². The lowest BCUT2D eigenvalue weighted by atomic mass is 10.2. The van der Waals surface area contributed by atoms with Crippen molar-refractivity contribution in [3.05, 3.63) is 23.7 Å². The van der Waals surface area contributed by atoms with Crippen LogP contribution in [0.25, 0.3) is 0 Å². The van der Waals surface area contributed by atoms with Crippen LogP contribution in [0.3, 0.4) is 0 Å². The Morgan fingerprint density at radius 3 is 2.69 bits per heavy atom. The summed E-state index contributed by atoms with van der Waals surface area (Å²) in [5.41, 5.74) is 5.34. The van der Waals surface area contributed by atoms with Crippen LogP contribution in [-0.2, 0) is 17.6 Å². The Kier molecular flexibility index (Phi) is 3.08. The second-order valence-electron chi connectivity index (χ2n) is 2.87. The number of carbonyl (C=O) groups is 1. The number of carboxylic acid groups (broad SMARTS) is 1. The molecule has 13 heavy (non-hydrogen) atoms. The van der Waals surface area contributed by atoms with Crippen LogP contribution in [0.5, 0.6) is 0 Å². The largest absolute Gasteiger partial charge is 0.480 e. The molecule has 3 N–H and O–H groups in total. The summed E-state index contributed by atoms with van der Waals surface area (Å²) in [5, 5.41) is 8.54. The van der Waals surface area contributed by atoms with Crippen LogP contribution in [0.2, 0.25) is 0 Å². The van der Waals surface area contributed by atoms with E-state index in [0.29, 0.717) is 5.76 Å². The van der Waals surface area contributed by atoms with E-state index >= 15 is 0 Å². The van der Waals surface area contributed by atoms with Gasteiger partial charge in [-0.15, -0.1) is 0 Å². The molecule has 1 unspecified atom stereocenters. The van der Waals surface area contributed by atoms with Gasteiger partial charge >= 0.3 is 5.97 Å². The third-order valence-electron chi connectivity index (χ3n) is 1.80. The lowest BCUT2D eigenvalue weighted by Gasteiger charge is -2.02. The average Bonchev–Trinajstić information content (AvgIpc) is 2.52. The van der Waals surface area contributed by atoms with Crippen LogP contribution in [0, 0.1) is 0 Å². The van der Waals surface area contributed by atoms with Gasteiger partial charge in [-0.3, -0.25) is 4.79 Å². The number of aryl methyl sites for hydroxylation is 1. The quantitative estimate of drug-likeness (QED) is 0.723. The van der Waals surface area contributed by atoms with Gasteiger partial charge in [-0.1, -0.05) is 6.92 Å². The lowest BCUT2D eigenvalue weighted by Crippen LogP contribution is -2.32. The number of furan rings is 1. The Labute approximate surface area is 76.3 Å². The van der Waals surface area contributed by atoms with Gasteiger partial charge in [-0.05, 0) is 12.1 Å². The van der Waals surface area contributed by atoms with Crippen molar-refractivity contribution in [2.45, 2.75) is 25.8 Å². The SMILES string of the molecule is CCc1ccc(CC(N)C(=O)O)o1. The van der Waals surface area contributed by atoms with Crippen LogP contribution in [-0.4, -0.2) is 17.1 Å². The molecule has 0 radical (unpaired) electrons. The molecule has 0 bridgehead atoms. The van der Waals surface area contributed by atoms with Crippen LogP contribution >= 0.6 is 0 Å². The molecule has 0 amide bonds. The molecule has 0 aliphatic carbocycles. The summed E-state index contributed by atoms with van der Waals surface area (Å²) in [4.78, 5) is 10.4. The molecule has 1 aromatic rings. The molecule has 0 aromatic carbocycles. The lowest BCUT2D eigenvalue weighted by molar-refractivity contribution is -0.138. The van der Waals surface area contributed by atoms with Gasteiger partial charge in [0.05, 0.1) is 0 Å². The summed E-state index contributed by atoms with van der Waals surface area (Å²) >= 11 is 0. The van der Waals surface area contributed by atoms with Gasteiger partial charge < -0.3 is 15.3 Å². The van der Waals surface area contributed by atoms with E-state index in [-0.39, 0.29) is 6.42 Å². The Hall–Kier alpha value is -1.29. The van der Waals surface area contributed by atoms with Crippen molar-refractivity contribution in [3.8, 4) is 0 Å². The van der Waals surface area contributed by atoms with Crippen LogP contribution in [0.15, 0.2) is 16.5 Å². The minimum Gasteiger partial charge on any atom is -0.480 e. The minimum absolute atomic E-state index is 0.245. The van der Waals surface area contributed by atoms with Crippen molar-refractivity contribution in [1.29, 1.82) is 0 Å². The molecule has 1 rings (SSSR count). The average molecular weight is 183 g/mol. The van der Waals surface area contributed by atoms with Gasteiger partial charge in [0.1, 0.15) is 17.6 Å². The molecular weight excluding hydrogens is 170 g/mol. The smallest absolute Gasteiger partial charge is 0.320 e. The van der Waals surface area contributed by atoms with Gasteiger partial charge in [0.2, 0.25) is 0 Å². The Morgan fingerprint density at radius 2 is 2.23 bits per heavy atom. The highest BCUT2D eigenvalue weighted by Gasteiger charge is 2.14. The predicted octanol–water partition coefficient (Wildman–Crippen LogP) is 0.796. The number of aliphatic carboxylic acids is 1. The molecule has 72 valence electrons. The summed E-state index contributed by atoms with van der Waals surface area (Å²) in [6.07, 6.45) is 1.05. The molecule has 0 aliphatic rings. The van der Waals surface area contributed by atoms with Crippen molar-refractivity contribution in [2.24, 2.45) is 5.73 Å². The zero-order valence-corrected chi connectivity index (χ0v) is 7.49. The van der Waals surface area contributed by atoms with E-state index in [0.717, 1.165) is 12.2 Å². The summed E-state index contributed by atoms with van der Waals surface area (Å²) < 4.78 is 5.31. The van der Waals surface area contributed by atoms with Gasteiger partial charge in [0.25, 0.3) is 0 Å². The van der Waals surface area contributed by atoms with Crippen molar-refractivity contribution in [1.82, 2.24) is 0 Å². The first-order valence-corrected chi connectivity index (χ1v) is 4.19. The van der Waals surface area contributed by atoms with Crippen LogP contribution in [0.1, 0.15) is 18.4 Å². The Morgan fingerprint density at radius 1 is 1.62 bits per heavy atom. The summed E-state index contributed by atoms with van der Waals surface area (Å²) in [7, 11) is 0. The highest BCUT2D eigenvalue weighted by atomic mass is 16.4. The third-order valence-corrected chi connectivity index (χ3v) is 1.80. The van der Waals surface area contributed by atoms with E-state index in [1.165, 1.54) is 0 Å². The van der Waals surface area contributed by atoms with Crippen LogP contribution in [0.4, 0.5) is 0 Å². The Balaban J connectivity index is 2.58. The molecule has 1 atom stereocenters. The number of carboxylic acids is 1. The number of hydrogen-bond donors (Lipinski definition) is 2. The fourth-order valence-electron chi connectivity index (χ4n) is 1.03. The fourth-order valence-corrected chi connectivity index (χ4v) is 1.03. The van der Waals surface area contributed by atoms with Gasteiger partial charge in [0.15, 0.2) is 0 Å². The monoisotopic (exact) mass is 183 g/mol. The molecule has 1 heterocycles. The van der Waals surface area contributed by atoms with E-state index in [2.05, 4.69) is 0 Å². The minimum atomic E-state index is -1.01. The molecule has 0 saturated carbocycles. The standard InChI is InChI=1S/C9H13NO3/c1-2-6-3-4-7(13-6)5-8(10)9(11)12/h3-4,8H,2,5,10H2,1H3,(H,11,12). The molecule has 0 aliphatic heterocycles. The molecular formula is C9H13NO3. The van der Waals surface area contributed by atoms with E-state index in [1.54, 1.807) is 6.07 Å². The molecule has 0 fully saturated rings. The first kappa shape index (κ1) is 9.80. The normalized spacial score (nSPS) is 12.8. The molecule has 4 heteroatoms. The first-order chi connectivity index (χ1) is 6.13. The third kappa shape index (κ3) is 2.59. The Bertz CT molecular complexity index is 293. The topological polar surface area (TPSA) is 76.5 Å². The maximum atomic E-state index is 10.4. The number of nitrogens with two attached hydrogens (primary N) is 1. The van der Waals surface area contributed by atoms with Gasteiger partial charge in [0, 0.05) is 12.8 Å². The predicted molar refractivity (Wildman–Crippen MR) is 47.4 cm³/mol. The zero-order chi connectivity index (χ0) is 9.84. The van der Waals surface area contributed by atoms with Crippen molar-refractivity contribution in [3.63, 3.8) is 0 Å². The van der Waals surface area contributed by atoms with E-state index < -0.39 is 12.0 Å². The van der Waals surface area contributed by atoms with E-state index in [4.69, 9.17) is 15.3 Å². The second-order valence-corrected chi connectivity index (χ2v) is 2.87. The summed E-state index contributed by atoms with van der Waals surface area (Å²) in [6.45, 7) is 1.97. The summed E-state index contributed by atoms with van der Waals surface area (Å²) in [6, 6.07) is 2.72. The van der Waals surface area contributed by atoms with E-state index in [1.807, 2.05) is 13.0 Å². The fraction of sp³-hybridized carbons (Fsp3) is 0.444. The maximum Gasteiger partial charge on any atom is 0.320 e. The maximum absolute atomic E-state index is 10.4. The highest BCUT2D eigenvalue weighted by Crippen LogP contribution is 2.09. The number of rotatable bonds is 4. The molecule has 4 nitrogen and oxygen atoms in total. The van der Waals surface area contributed by atoms with E-state index in [9.17, 15) is 4.79 Å². The van der Waals surface area contributed by atoms with Crippen molar-refractivity contribution in [2.75, 3.05) is 0 Å². The molecule has 0 spiro atoms. The highest BCUT2D eigenvalue weighted by molar-refractivity contribution is 5.73. The van der Waals surface area contributed by atoms with Crippen LogP contribution < -0.4 is 5.73 Å². The second kappa shape index (κ2) is 4.09. The zero-order valence-electron chi connectivity index (χ0n) is 7.49. The molecule has 0 saturated heterocycles. The molecule has 1 aromatic heterocycles. The first-order valence-electron chi connectivity index (χ1n) is 4.19.